The van der Waals surface area contributed by atoms with Crippen molar-refractivity contribution in [1.82, 2.24) is 14.6 Å². The predicted molar refractivity (Wildman–Crippen MR) is 233 cm³/mol. The summed E-state index contributed by atoms with van der Waals surface area (Å²) in [5.41, 5.74) is 11.2. The van der Waals surface area contributed by atoms with Crippen molar-refractivity contribution in [2.45, 2.75) is 130 Å². The van der Waals surface area contributed by atoms with Gasteiger partial charge in [-0.3, -0.25) is 14.6 Å². The molecule has 4 aromatic rings. The Labute approximate surface area is 348 Å². The summed E-state index contributed by atoms with van der Waals surface area (Å²) in [5.74, 6) is -0.642. The van der Waals surface area contributed by atoms with Crippen LogP contribution in [-0.4, -0.2) is 54.6 Å². The van der Waals surface area contributed by atoms with Gasteiger partial charge in [-0.2, -0.15) is 0 Å². The number of benzene rings is 3. The molecule has 59 heavy (non-hydrogen) atoms. The van der Waals surface area contributed by atoms with Crippen LogP contribution in [0.2, 0.25) is 0 Å². The van der Waals surface area contributed by atoms with Crippen LogP contribution in [0.25, 0.3) is 11.1 Å². The largest absolute Gasteiger partial charge is 0.487 e. The maximum Gasteiger partial charge on any atom is 0.329 e. The molecule has 0 fully saturated rings. The number of hydrogen-bond donors (Lipinski definition) is 3. The van der Waals surface area contributed by atoms with Gasteiger partial charge < -0.3 is 25.1 Å². The number of nitrogens with zero attached hydrogens (tertiary/aromatic N) is 2. The molecule has 5 rings (SSSR count). The fourth-order valence-corrected chi connectivity index (χ4v) is 8.87. The summed E-state index contributed by atoms with van der Waals surface area (Å²) in [5, 5.41) is 2.71. The van der Waals surface area contributed by atoms with E-state index in [9.17, 15) is 22.8 Å². The average molecular weight is 826 g/mol. The molecule has 1 amide bonds. The first-order valence-electron chi connectivity index (χ1n) is 20.1. The molecule has 0 bridgehead atoms. The number of guanidine groups is 1. The Kier molecular flexibility index (Phi) is 13.5. The predicted octanol–water partition coefficient (Wildman–Crippen LogP) is 7.23. The number of pyridine rings is 1. The highest BCUT2D eigenvalue weighted by Gasteiger charge is 2.34. The second kappa shape index (κ2) is 17.8. The number of nitrogens with one attached hydrogen (secondary N) is 2. The SMILES string of the molecule is Cc1c(C)c(S(=O)(=O)NC(N)=NCCC[C@H](NC(=O)c2cccn(Cc3ccccc3-c3cccc(C(C)C)c3)c2=O)C(=O)OC(C)(C)C)c(C)c2c1OC(C)(C)CC2. The Morgan fingerprint density at radius 3 is 2.41 bits per heavy atom. The lowest BCUT2D eigenvalue weighted by molar-refractivity contribution is -0.157. The number of sulfonamides is 1. The molecule has 316 valence electrons. The number of ether oxygens (including phenoxy) is 2. The van der Waals surface area contributed by atoms with Gasteiger partial charge in [-0.25, -0.2) is 17.9 Å². The van der Waals surface area contributed by atoms with Crippen LogP contribution in [0, 0.1) is 20.8 Å². The molecule has 12 nitrogen and oxygen atoms in total. The quantitative estimate of drug-likeness (QED) is 0.0549. The molecule has 0 saturated heterocycles. The van der Waals surface area contributed by atoms with Gasteiger partial charge in [0.25, 0.3) is 21.5 Å². The van der Waals surface area contributed by atoms with Crippen molar-refractivity contribution < 1.29 is 27.5 Å². The lowest BCUT2D eigenvalue weighted by Gasteiger charge is -2.35. The Morgan fingerprint density at radius 1 is 1.00 bits per heavy atom. The summed E-state index contributed by atoms with van der Waals surface area (Å²) in [6, 6.07) is 18.1. The van der Waals surface area contributed by atoms with E-state index in [4.69, 9.17) is 15.2 Å². The lowest BCUT2D eigenvalue weighted by Crippen LogP contribution is -2.46. The van der Waals surface area contributed by atoms with Crippen LogP contribution < -0.4 is 26.1 Å². The van der Waals surface area contributed by atoms with Crippen molar-refractivity contribution in [1.29, 1.82) is 0 Å². The summed E-state index contributed by atoms with van der Waals surface area (Å²) in [7, 11) is -4.11. The molecular weight excluding hydrogens is 767 g/mol. The molecule has 3 aromatic carbocycles. The Balaban J connectivity index is 1.30. The van der Waals surface area contributed by atoms with Crippen molar-refractivity contribution >= 4 is 27.9 Å². The maximum absolute atomic E-state index is 13.8. The van der Waals surface area contributed by atoms with Crippen molar-refractivity contribution in [3.05, 3.63) is 116 Å². The fourth-order valence-electron chi connectivity index (χ4n) is 7.35. The molecule has 1 aromatic heterocycles. The molecule has 0 saturated carbocycles. The van der Waals surface area contributed by atoms with Gasteiger partial charge in [0.2, 0.25) is 5.96 Å². The third-order valence-corrected chi connectivity index (χ3v) is 12.2. The van der Waals surface area contributed by atoms with Gasteiger partial charge in [0, 0.05) is 12.7 Å². The Bertz CT molecular complexity index is 2430. The maximum atomic E-state index is 13.8. The number of aliphatic imine (C=N–C) groups is 1. The first-order valence-corrected chi connectivity index (χ1v) is 21.6. The summed E-state index contributed by atoms with van der Waals surface area (Å²) in [4.78, 5) is 45.3. The van der Waals surface area contributed by atoms with Gasteiger partial charge >= 0.3 is 5.97 Å². The monoisotopic (exact) mass is 825 g/mol. The van der Waals surface area contributed by atoms with Gasteiger partial charge in [-0.15, -0.1) is 0 Å². The van der Waals surface area contributed by atoms with Gasteiger partial charge in [0.1, 0.15) is 28.6 Å². The molecule has 0 unspecified atom stereocenters. The average Bonchev–Trinajstić information content (AvgIpc) is 3.14. The van der Waals surface area contributed by atoms with E-state index >= 15 is 0 Å². The summed E-state index contributed by atoms with van der Waals surface area (Å²) < 4.78 is 43.1. The number of nitrogens with two attached hydrogens (primary N) is 1. The topological polar surface area (TPSA) is 171 Å². The zero-order valence-electron chi connectivity index (χ0n) is 36.0. The van der Waals surface area contributed by atoms with Crippen molar-refractivity contribution in [3.63, 3.8) is 0 Å². The summed E-state index contributed by atoms with van der Waals surface area (Å²) in [6.07, 6.45) is 3.36. The second-order valence-electron chi connectivity index (χ2n) is 17.2. The zero-order chi connectivity index (χ0) is 43.4. The van der Waals surface area contributed by atoms with E-state index in [-0.39, 0.29) is 48.0 Å². The molecule has 0 radical (unpaired) electrons. The number of aromatic nitrogens is 1. The van der Waals surface area contributed by atoms with Crippen molar-refractivity contribution in [3.8, 4) is 16.9 Å². The van der Waals surface area contributed by atoms with Crippen LogP contribution in [-0.2, 0) is 32.5 Å². The molecule has 1 atom stereocenters. The van der Waals surface area contributed by atoms with E-state index in [1.807, 2.05) is 57.2 Å². The number of esters is 1. The number of rotatable bonds is 13. The number of amides is 1. The first-order chi connectivity index (χ1) is 27.6. The summed E-state index contributed by atoms with van der Waals surface area (Å²) >= 11 is 0. The molecule has 0 spiro atoms. The van der Waals surface area contributed by atoms with E-state index < -0.39 is 39.1 Å². The first kappa shape index (κ1) is 44.7. The van der Waals surface area contributed by atoms with Crippen LogP contribution in [0.15, 0.2) is 81.5 Å². The van der Waals surface area contributed by atoms with Crippen LogP contribution in [0.3, 0.4) is 0 Å². The molecule has 0 aliphatic carbocycles. The van der Waals surface area contributed by atoms with Gasteiger partial charge in [-0.05, 0) is 144 Å². The van der Waals surface area contributed by atoms with E-state index in [0.29, 0.717) is 23.5 Å². The summed E-state index contributed by atoms with van der Waals surface area (Å²) in [6.45, 7) is 19.1. The molecule has 1 aliphatic heterocycles. The number of carbonyl (C=O) groups is 2. The van der Waals surface area contributed by atoms with Crippen molar-refractivity contribution in [2.75, 3.05) is 6.54 Å². The Hall–Kier alpha value is -5.43. The highest BCUT2D eigenvalue weighted by atomic mass is 32.2. The molecular formula is C46H59N5O7S. The fraction of sp³-hybridized carbons (Fsp3) is 0.435. The van der Waals surface area contributed by atoms with Gasteiger partial charge in [0.05, 0.1) is 11.4 Å². The minimum Gasteiger partial charge on any atom is -0.487 e. The van der Waals surface area contributed by atoms with E-state index in [1.54, 1.807) is 46.9 Å². The molecule has 1 aliphatic rings. The van der Waals surface area contributed by atoms with Crippen LogP contribution in [0.1, 0.15) is 117 Å². The second-order valence-corrected chi connectivity index (χ2v) is 18.9. The van der Waals surface area contributed by atoms with E-state index in [1.165, 1.54) is 16.2 Å². The molecule has 4 N–H and O–H groups in total. The highest BCUT2D eigenvalue weighted by molar-refractivity contribution is 7.90. The van der Waals surface area contributed by atoms with E-state index in [2.05, 4.69) is 41.0 Å². The zero-order valence-corrected chi connectivity index (χ0v) is 36.8. The molecule has 13 heteroatoms. The standard InChI is InChI=1S/C46H59N5O7S/c1-28(2)32-17-13-18-33(26-32)36-19-12-11-16-34(36)27-51-25-15-20-37(42(51)53)41(52)49-38(43(54)58-45(6,7)8)21-14-24-48-44(47)50-59(55,56)40-30(4)29(3)39-35(31(40)5)22-23-46(9,10)57-39/h11-13,15-20,25-26,28,38H,14,21-24,27H2,1-10H3,(H,49,52)(H3,47,48,50)/t38-/m0/s1. The molecule has 2 heterocycles. The van der Waals surface area contributed by atoms with Gasteiger partial charge in [0.15, 0.2) is 0 Å². The lowest BCUT2D eigenvalue weighted by atomic mass is 9.88. The van der Waals surface area contributed by atoms with Gasteiger partial charge in [-0.1, -0.05) is 62.4 Å². The number of hydrogen-bond acceptors (Lipinski definition) is 8. The smallest absolute Gasteiger partial charge is 0.329 e. The van der Waals surface area contributed by atoms with Crippen LogP contribution in [0.5, 0.6) is 5.75 Å². The minimum absolute atomic E-state index is 0.0330. The van der Waals surface area contributed by atoms with Crippen molar-refractivity contribution in [2.24, 2.45) is 10.7 Å². The number of carbonyl (C=O) groups excluding carboxylic acids is 2. The third-order valence-electron chi connectivity index (χ3n) is 10.6. The minimum atomic E-state index is -4.11. The van der Waals surface area contributed by atoms with Crippen LogP contribution >= 0.6 is 0 Å². The normalized spacial score (nSPS) is 14.6. The van der Waals surface area contributed by atoms with E-state index in [0.717, 1.165) is 40.0 Å². The van der Waals surface area contributed by atoms with Crippen LogP contribution in [0.4, 0.5) is 0 Å². The number of fused-ring (bicyclic) bond motifs is 1. The highest BCUT2D eigenvalue weighted by Crippen LogP contribution is 2.42. The Morgan fingerprint density at radius 2 is 1.71 bits per heavy atom. The third kappa shape index (κ3) is 10.8.